The van der Waals surface area contributed by atoms with Gasteiger partial charge in [0.05, 0.1) is 5.56 Å². The molecule has 0 unspecified atom stereocenters. The van der Waals surface area contributed by atoms with Gasteiger partial charge in [-0.15, -0.1) is 0 Å². The van der Waals surface area contributed by atoms with E-state index in [1.807, 2.05) is 0 Å². The molecule has 1 rings (SSSR count). The number of benzene rings is 1. The van der Waals surface area contributed by atoms with Crippen LogP contribution in [-0.2, 0) is 6.18 Å². The summed E-state index contributed by atoms with van der Waals surface area (Å²) in [6, 6.07) is 5.01. The maximum atomic E-state index is 12.1. The van der Waals surface area contributed by atoms with Gasteiger partial charge in [0, 0.05) is 0 Å². The minimum Gasteiger partial charge on any atom is -0.166 e. The second-order valence-electron chi connectivity index (χ2n) is 2.17. The Hall–Kier alpha value is -0.483. The predicted molar refractivity (Wildman–Crippen MR) is 42.7 cm³/mol. The molecule has 0 spiro atoms. The highest BCUT2D eigenvalue weighted by atomic mass is 35.6. The zero-order chi connectivity index (χ0) is 9.19. The van der Waals surface area contributed by atoms with Gasteiger partial charge in [0.1, 0.15) is 0 Å². The molecule has 0 fully saturated rings. The van der Waals surface area contributed by atoms with E-state index in [1.54, 1.807) is 6.07 Å². The fourth-order valence-corrected chi connectivity index (χ4v) is 1.48. The van der Waals surface area contributed by atoms with Crippen molar-refractivity contribution in [3.63, 3.8) is 0 Å². The third kappa shape index (κ3) is 2.25. The van der Waals surface area contributed by atoms with E-state index in [1.165, 1.54) is 6.07 Å². The second kappa shape index (κ2) is 3.49. The summed E-state index contributed by atoms with van der Waals surface area (Å²) in [6.07, 6.45) is -4.27. The Labute approximate surface area is 74.9 Å². The smallest absolute Gasteiger partial charge is 0.166 e. The highest BCUT2D eigenvalue weighted by Crippen LogP contribution is 2.27. The predicted octanol–water partition coefficient (Wildman–Crippen LogP) is 2.19. The summed E-state index contributed by atoms with van der Waals surface area (Å²) < 4.78 is 36.2. The lowest BCUT2D eigenvalue weighted by molar-refractivity contribution is -0.137. The molecular formula is C7H4ClF3Si. The molecule has 0 atom stereocenters. The maximum absolute atomic E-state index is 12.1. The van der Waals surface area contributed by atoms with Gasteiger partial charge in [-0.25, -0.2) is 0 Å². The molecule has 0 amide bonds. The number of hydrogen-bond donors (Lipinski definition) is 0. The van der Waals surface area contributed by atoms with Crippen molar-refractivity contribution < 1.29 is 13.2 Å². The van der Waals surface area contributed by atoms with Crippen LogP contribution < -0.4 is 5.19 Å². The van der Waals surface area contributed by atoms with Crippen LogP contribution in [0.5, 0.6) is 0 Å². The third-order valence-electron chi connectivity index (χ3n) is 1.30. The molecule has 1 aromatic carbocycles. The van der Waals surface area contributed by atoms with Gasteiger partial charge in [0.2, 0.25) is 8.83 Å². The van der Waals surface area contributed by atoms with Gasteiger partial charge in [-0.1, -0.05) is 18.2 Å². The molecule has 0 nitrogen and oxygen atoms in total. The number of halogens is 4. The summed E-state index contributed by atoms with van der Waals surface area (Å²) in [5.41, 5.74) is -0.645. The lowest BCUT2D eigenvalue weighted by Gasteiger charge is -2.06. The highest BCUT2D eigenvalue weighted by molar-refractivity contribution is 7.01. The van der Waals surface area contributed by atoms with Crippen LogP contribution in [0.25, 0.3) is 0 Å². The van der Waals surface area contributed by atoms with E-state index in [0.717, 1.165) is 12.1 Å². The van der Waals surface area contributed by atoms with Crippen molar-refractivity contribution in [3.8, 4) is 0 Å². The van der Waals surface area contributed by atoms with E-state index in [-0.39, 0.29) is 8.83 Å². The summed E-state index contributed by atoms with van der Waals surface area (Å²) in [6.45, 7) is 0. The molecule has 12 heavy (non-hydrogen) atoms. The standard InChI is InChI=1S/C7H4ClF3Si/c8-12-6-3-1-2-5(4-6)7(9,10)11/h1-4H. The first kappa shape index (κ1) is 9.60. The van der Waals surface area contributed by atoms with Crippen molar-refractivity contribution >= 4 is 25.1 Å². The van der Waals surface area contributed by atoms with Crippen LogP contribution in [0.1, 0.15) is 5.56 Å². The molecule has 0 aromatic heterocycles. The monoisotopic (exact) mass is 208 g/mol. The zero-order valence-electron chi connectivity index (χ0n) is 5.82. The maximum Gasteiger partial charge on any atom is 0.416 e. The number of alkyl halides is 3. The van der Waals surface area contributed by atoms with Crippen LogP contribution in [-0.4, -0.2) is 8.83 Å². The fraction of sp³-hybridized carbons (Fsp3) is 0.143. The van der Waals surface area contributed by atoms with Crippen LogP contribution in [0.15, 0.2) is 24.3 Å². The van der Waals surface area contributed by atoms with E-state index in [4.69, 9.17) is 11.1 Å². The Bertz CT molecular complexity index is 272. The molecule has 0 bridgehead atoms. The van der Waals surface area contributed by atoms with Crippen molar-refractivity contribution in [1.29, 1.82) is 0 Å². The summed E-state index contributed by atoms with van der Waals surface area (Å²) in [5.74, 6) is 0. The minimum atomic E-state index is -4.27. The molecule has 64 valence electrons. The van der Waals surface area contributed by atoms with Gasteiger partial charge in [-0.3, -0.25) is 0 Å². The third-order valence-corrected chi connectivity index (χ3v) is 2.48. The van der Waals surface area contributed by atoms with Gasteiger partial charge in [0.15, 0.2) is 0 Å². The van der Waals surface area contributed by atoms with Gasteiger partial charge in [-0.05, 0) is 11.3 Å². The topological polar surface area (TPSA) is 0 Å². The van der Waals surface area contributed by atoms with Crippen molar-refractivity contribution in [2.24, 2.45) is 0 Å². The highest BCUT2D eigenvalue weighted by Gasteiger charge is 2.30. The van der Waals surface area contributed by atoms with Crippen LogP contribution in [0.2, 0.25) is 0 Å². The molecule has 0 aliphatic carbocycles. The van der Waals surface area contributed by atoms with Gasteiger partial charge in [-0.2, -0.15) is 24.3 Å². The summed E-state index contributed by atoms with van der Waals surface area (Å²) in [4.78, 5) is 0. The van der Waals surface area contributed by atoms with E-state index >= 15 is 0 Å². The van der Waals surface area contributed by atoms with Gasteiger partial charge >= 0.3 is 6.18 Å². The van der Waals surface area contributed by atoms with E-state index in [9.17, 15) is 13.2 Å². The molecular weight excluding hydrogens is 205 g/mol. The molecule has 2 radical (unpaired) electrons. The normalized spacial score (nSPS) is 11.7. The average molecular weight is 209 g/mol. The van der Waals surface area contributed by atoms with Gasteiger partial charge in [0.25, 0.3) is 0 Å². The lowest BCUT2D eigenvalue weighted by atomic mass is 10.2. The Morgan fingerprint density at radius 2 is 1.92 bits per heavy atom. The fourth-order valence-electron chi connectivity index (χ4n) is 0.754. The number of rotatable bonds is 1. The van der Waals surface area contributed by atoms with Crippen LogP contribution in [0, 0.1) is 0 Å². The zero-order valence-corrected chi connectivity index (χ0v) is 7.58. The van der Waals surface area contributed by atoms with E-state index in [0.29, 0.717) is 5.19 Å². The average Bonchev–Trinajstić information content (AvgIpc) is 2.03. The Morgan fingerprint density at radius 1 is 1.25 bits per heavy atom. The summed E-state index contributed by atoms with van der Waals surface area (Å²) in [7, 11) is -0.122. The summed E-state index contributed by atoms with van der Waals surface area (Å²) in [5, 5.41) is 0.506. The second-order valence-corrected chi connectivity index (χ2v) is 3.51. The molecule has 5 heteroatoms. The van der Waals surface area contributed by atoms with Crippen LogP contribution in [0.3, 0.4) is 0 Å². The van der Waals surface area contributed by atoms with Crippen LogP contribution in [0.4, 0.5) is 13.2 Å². The largest absolute Gasteiger partial charge is 0.416 e. The summed E-state index contributed by atoms with van der Waals surface area (Å²) >= 11 is 5.41. The van der Waals surface area contributed by atoms with Crippen molar-refractivity contribution in [2.75, 3.05) is 0 Å². The lowest BCUT2D eigenvalue weighted by Crippen LogP contribution is -2.13. The molecule has 0 saturated heterocycles. The first-order valence-corrected chi connectivity index (χ1v) is 5.09. The van der Waals surface area contributed by atoms with Gasteiger partial charge < -0.3 is 0 Å². The van der Waals surface area contributed by atoms with E-state index in [2.05, 4.69) is 0 Å². The van der Waals surface area contributed by atoms with Crippen LogP contribution >= 0.6 is 11.1 Å². The van der Waals surface area contributed by atoms with Crippen molar-refractivity contribution in [2.45, 2.75) is 6.18 Å². The van der Waals surface area contributed by atoms with E-state index < -0.39 is 11.7 Å². The van der Waals surface area contributed by atoms with Crippen molar-refractivity contribution in [3.05, 3.63) is 29.8 Å². The first-order chi connectivity index (χ1) is 5.54. The Morgan fingerprint density at radius 3 is 2.42 bits per heavy atom. The molecule has 0 N–H and O–H groups in total. The molecule has 0 aliphatic heterocycles. The quantitative estimate of drug-likeness (QED) is 0.490. The first-order valence-electron chi connectivity index (χ1n) is 3.08. The Kier molecular flexibility index (Phi) is 2.79. The molecule has 0 saturated carbocycles. The number of hydrogen-bond acceptors (Lipinski definition) is 0. The molecule has 0 heterocycles. The minimum absolute atomic E-state index is 0.122. The van der Waals surface area contributed by atoms with Crippen molar-refractivity contribution in [1.82, 2.24) is 0 Å². The molecule has 1 aromatic rings. The molecule has 0 aliphatic rings. The Balaban J connectivity index is 3.02. The SMILES string of the molecule is FC(F)(F)c1cccc([Si]Cl)c1.